The van der Waals surface area contributed by atoms with Crippen molar-refractivity contribution in [1.29, 1.82) is 0 Å². The van der Waals surface area contributed by atoms with Crippen molar-refractivity contribution >= 4 is 44.3 Å². The maximum Gasteiger partial charge on any atom is 0.227 e. The van der Waals surface area contributed by atoms with Crippen molar-refractivity contribution in [3.63, 3.8) is 0 Å². The maximum atomic E-state index is 12.8. The molecule has 0 amide bonds. The molecule has 0 aliphatic rings. The number of carbonyl (C=O) groups excluding carboxylic acids is 1. The Bertz CT molecular complexity index is 739. The Morgan fingerprint density at radius 3 is 2.55 bits per heavy atom. The van der Waals surface area contributed by atoms with Crippen LogP contribution in [0.15, 0.2) is 54.0 Å². The van der Waals surface area contributed by atoms with E-state index in [0.717, 1.165) is 10.2 Å². The highest BCUT2D eigenvalue weighted by atomic mass is 79.9. The summed E-state index contributed by atoms with van der Waals surface area (Å²) in [5, 5.41) is 0. The quantitative estimate of drug-likeness (QED) is 0.519. The Hall–Kier alpha value is -1.59. The number of halogens is 2. The van der Waals surface area contributed by atoms with Gasteiger partial charge in [-0.3, -0.25) is 4.79 Å². The lowest BCUT2D eigenvalue weighted by molar-refractivity contribution is -0.652. The molecule has 3 rings (SSSR count). The van der Waals surface area contributed by atoms with Gasteiger partial charge < -0.3 is 0 Å². The van der Waals surface area contributed by atoms with Gasteiger partial charge >= 0.3 is 0 Å². The summed E-state index contributed by atoms with van der Waals surface area (Å²) >= 11 is 1.60. The molecule has 0 fully saturated rings. The monoisotopic (exact) mass is 352 g/mol. The molecule has 20 heavy (non-hydrogen) atoms. The van der Waals surface area contributed by atoms with Crippen molar-refractivity contribution in [3.05, 3.63) is 65.4 Å². The number of Topliss-reactive ketones (excluding diaryl/α,β-unsaturated/α-hetero) is 1. The van der Waals surface area contributed by atoms with Gasteiger partial charge in [-0.1, -0.05) is 23.5 Å². The van der Waals surface area contributed by atoms with E-state index in [2.05, 4.69) is 0 Å². The molecule has 1 aromatic heterocycles. The minimum Gasteiger partial charge on any atom is -0.287 e. The lowest BCUT2D eigenvalue weighted by atomic mass is 10.1. The molecule has 1 heterocycles. The van der Waals surface area contributed by atoms with Crippen LogP contribution in [0.2, 0.25) is 0 Å². The van der Waals surface area contributed by atoms with Crippen molar-refractivity contribution in [1.82, 2.24) is 0 Å². The minimum atomic E-state index is -0.329. The van der Waals surface area contributed by atoms with Crippen molar-refractivity contribution in [2.75, 3.05) is 0 Å². The smallest absolute Gasteiger partial charge is 0.227 e. The third kappa shape index (κ3) is 2.94. The highest BCUT2D eigenvalue weighted by Crippen LogP contribution is 2.15. The average Bonchev–Trinajstić information content (AvgIpc) is 2.83. The number of aromatic nitrogens is 1. The molecule has 102 valence electrons. The predicted molar refractivity (Wildman–Crippen MR) is 83.1 cm³/mol. The lowest BCUT2D eigenvalue weighted by Crippen LogP contribution is -2.36. The van der Waals surface area contributed by atoms with E-state index in [4.69, 9.17) is 0 Å². The van der Waals surface area contributed by atoms with E-state index in [1.165, 1.54) is 24.3 Å². The van der Waals surface area contributed by atoms with E-state index in [0.29, 0.717) is 5.56 Å². The molecule has 0 spiro atoms. The summed E-state index contributed by atoms with van der Waals surface area (Å²) in [6.45, 7) is 0.273. The Balaban J connectivity index is 0.00000147. The van der Waals surface area contributed by atoms with Gasteiger partial charge in [-0.25, -0.2) is 4.39 Å². The first-order valence-corrected chi connectivity index (χ1v) is 6.76. The summed E-state index contributed by atoms with van der Waals surface area (Å²) in [4.78, 5) is 12.1. The number of nitrogens with zero attached hydrogens (tertiary/aromatic N) is 1. The Kier molecular flexibility index (Phi) is 4.62. The van der Waals surface area contributed by atoms with Crippen LogP contribution in [0.3, 0.4) is 0 Å². The molecule has 0 N–H and O–H groups in total. The van der Waals surface area contributed by atoms with Crippen molar-refractivity contribution in [2.45, 2.75) is 6.54 Å². The number of hydrogen-bond donors (Lipinski definition) is 0. The summed E-state index contributed by atoms with van der Waals surface area (Å²) in [7, 11) is 0. The maximum absolute atomic E-state index is 12.8. The number of para-hydroxylation sites is 1. The van der Waals surface area contributed by atoms with Crippen LogP contribution in [-0.4, -0.2) is 5.78 Å². The van der Waals surface area contributed by atoms with Gasteiger partial charge in [0.15, 0.2) is 0 Å². The van der Waals surface area contributed by atoms with Crippen LogP contribution in [0.25, 0.3) is 10.2 Å². The molecule has 0 saturated heterocycles. The molecule has 3 aromatic rings. The fourth-order valence-corrected chi connectivity index (χ4v) is 2.87. The molecule has 0 unspecified atom stereocenters. The zero-order chi connectivity index (χ0) is 13.2. The summed E-state index contributed by atoms with van der Waals surface area (Å²) in [6.07, 6.45) is 0. The van der Waals surface area contributed by atoms with E-state index >= 15 is 0 Å². The van der Waals surface area contributed by atoms with Crippen LogP contribution < -0.4 is 4.57 Å². The van der Waals surface area contributed by atoms with Gasteiger partial charge in [0.25, 0.3) is 0 Å². The van der Waals surface area contributed by atoms with E-state index in [1.54, 1.807) is 11.3 Å². The third-order valence-electron chi connectivity index (χ3n) is 2.96. The fraction of sp³-hybridized carbons (Fsp3) is 0.0667. The van der Waals surface area contributed by atoms with E-state index in [-0.39, 0.29) is 35.1 Å². The van der Waals surface area contributed by atoms with Gasteiger partial charge in [-0.05, 0) is 30.3 Å². The molecular weight excluding hydrogens is 341 g/mol. The molecule has 0 atom stereocenters. The third-order valence-corrected chi connectivity index (χ3v) is 3.92. The van der Waals surface area contributed by atoms with Gasteiger partial charge in [0, 0.05) is 11.6 Å². The highest BCUT2D eigenvalue weighted by Gasteiger charge is 2.16. The van der Waals surface area contributed by atoms with E-state index in [9.17, 15) is 9.18 Å². The van der Waals surface area contributed by atoms with Gasteiger partial charge in [-0.2, -0.15) is 4.57 Å². The van der Waals surface area contributed by atoms with Gasteiger partial charge in [0.2, 0.25) is 23.4 Å². The number of rotatable bonds is 3. The zero-order valence-electron chi connectivity index (χ0n) is 10.5. The molecule has 2 nitrogen and oxygen atoms in total. The molecule has 2 aromatic carbocycles. The largest absolute Gasteiger partial charge is 0.287 e. The van der Waals surface area contributed by atoms with Gasteiger partial charge in [-0.15, -0.1) is 17.0 Å². The standard InChI is InChI=1S/C15H11FNOS.BrH/c16-12-7-5-11(6-8-12)14(18)9-17-10-19-15-4-2-1-3-13(15)17;/h1-8,10H,9H2;1H/q+1;. The second-order valence-corrected chi connectivity index (χ2v) is 5.14. The van der Waals surface area contributed by atoms with Crippen LogP contribution >= 0.6 is 28.3 Å². The van der Waals surface area contributed by atoms with Crippen molar-refractivity contribution < 1.29 is 13.8 Å². The average molecular weight is 353 g/mol. The molecular formula is C15H12BrFNOS+. The number of fused-ring (bicyclic) bond motifs is 1. The second-order valence-electron chi connectivity index (χ2n) is 4.25. The SMILES string of the molecule is Br.O=C(C[n+]1csc2ccccc21)c1ccc(F)cc1. The summed E-state index contributed by atoms with van der Waals surface area (Å²) in [5.41, 5.74) is 3.51. The van der Waals surface area contributed by atoms with Gasteiger partial charge in [0.1, 0.15) is 10.5 Å². The number of carbonyl (C=O) groups is 1. The minimum absolute atomic E-state index is 0. The Morgan fingerprint density at radius 1 is 1.10 bits per heavy atom. The van der Waals surface area contributed by atoms with E-state index in [1.807, 2.05) is 34.3 Å². The van der Waals surface area contributed by atoms with Crippen molar-refractivity contribution in [2.24, 2.45) is 0 Å². The number of benzene rings is 2. The summed E-state index contributed by atoms with van der Waals surface area (Å²) in [5.74, 6) is -0.348. The number of thiazole rings is 1. The zero-order valence-corrected chi connectivity index (χ0v) is 13.0. The van der Waals surface area contributed by atoms with Crippen LogP contribution in [-0.2, 0) is 6.54 Å². The Morgan fingerprint density at radius 2 is 1.80 bits per heavy atom. The first-order valence-electron chi connectivity index (χ1n) is 5.88. The fourth-order valence-electron chi connectivity index (χ4n) is 1.98. The predicted octanol–water partition coefficient (Wildman–Crippen LogP) is 3.79. The van der Waals surface area contributed by atoms with Crippen LogP contribution in [0, 0.1) is 5.82 Å². The first kappa shape index (κ1) is 14.8. The normalized spacial score (nSPS) is 10.2. The number of hydrogen-bond acceptors (Lipinski definition) is 2. The van der Waals surface area contributed by atoms with Gasteiger partial charge in [0.05, 0.1) is 0 Å². The number of ketones is 1. The molecule has 0 aliphatic carbocycles. The lowest BCUT2D eigenvalue weighted by Gasteiger charge is -1.97. The Labute approximate surface area is 130 Å². The van der Waals surface area contributed by atoms with Crippen molar-refractivity contribution in [3.8, 4) is 0 Å². The topological polar surface area (TPSA) is 20.9 Å². The molecule has 0 saturated carbocycles. The highest BCUT2D eigenvalue weighted by molar-refractivity contribution is 8.93. The molecule has 5 heteroatoms. The van der Waals surface area contributed by atoms with Crippen LogP contribution in [0.4, 0.5) is 4.39 Å². The molecule has 0 bridgehead atoms. The second kappa shape index (κ2) is 6.24. The van der Waals surface area contributed by atoms with Crippen LogP contribution in [0.1, 0.15) is 10.4 Å². The first-order chi connectivity index (χ1) is 9.24. The summed E-state index contributed by atoms with van der Waals surface area (Å²) in [6, 6.07) is 13.6. The summed E-state index contributed by atoms with van der Waals surface area (Å²) < 4.78 is 15.9. The van der Waals surface area contributed by atoms with Crippen LogP contribution in [0.5, 0.6) is 0 Å². The van der Waals surface area contributed by atoms with E-state index < -0.39 is 0 Å². The molecule has 0 aliphatic heterocycles. The molecule has 0 radical (unpaired) electrons.